The first-order valence-corrected chi connectivity index (χ1v) is 16.9. The van der Waals surface area contributed by atoms with Crippen molar-refractivity contribution in [3.8, 4) is 0 Å². The standard InChI is InChI=1S/C33H35Br2N5O2S/c1-40(2)31-27-5-3-4-6-28(27)38-33(39-31)37-25-15-7-21(8-16-25)20-36-32(42)30(43-26-17-13-24(35)14-18-26)19-29(41)22-9-11-23(34)12-10-22/h3-6,9-14,17-18,21,25,30H,7-8,15-16,19-20H2,1-2H3,(H,36,42)(H,37,38,39)/t21-,25+,30?. The summed E-state index contributed by atoms with van der Waals surface area (Å²) in [4.78, 5) is 39.1. The van der Waals surface area contributed by atoms with Crippen molar-refractivity contribution in [1.29, 1.82) is 0 Å². The molecule has 1 atom stereocenters. The maximum absolute atomic E-state index is 13.4. The molecular weight excluding hydrogens is 690 g/mol. The number of para-hydroxylation sites is 1. The van der Waals surface area contributed by atoms with Crippen LogP contribution in [-0.4, -0.2) is 53.6 Å². The first kappa shape index (κ1) is 31.5. The predicted octanol–water partition coefficient (Wildman–Crippen LogP) is 7.74. The first-order chi connectivity index (χ1) is 20.7. The molecule has 1 aliphatic rings. The predicted molar refractivity (Wildman–Crippen MR) is 183 cm³/mol. The Bertz CT molecular complexity index is 1560. The maximum Gasteiger partial charge on any atom is 0.233 e. The van der Waals surface area contributed by atoms with Gasteiger partial charge in [-0.25, -0.2) is 4.98 Å². The average Bonchev–Trinajstić information content (AvgIpc) is 3.01. The largest absolute Gasteiger partial charge is 0.362 e. The van der Waals surface area contributed by atoms with E-state index in [1.54, 1.807) is 12.1 Å². The number of rotatable bonds is 11. The summed E-state index contributed by atoms with van der Waals surface area (Å²) in [6, 6.07) is 23.5. The number of Topliss-reactive ketones (excluding diaryl/α,β-unsaturated/α-hetero) is 1. The molecule has 1 fully saturated rings. The normalized spacial score (nSPS) is 17.3. The molecule has 5 rings (SSSR count). The van der Waals surface area contributed by atoms with Gasteiger partial charge >= 0.3 is 0 Å². The number of carbonyl (C=O) groups excluding carboxylic acids is 2. The highest BCUT2D eigenvalue weighted by atomic mass is 79.9. The van der Waals surface area contributed by atoms with E-state index in [1.165, 1.54) is 11.8 Å². The fourth-order valence-electron chi connectivity index (χ4n) is 5.30. The van der Waals surface area contributed by atoms with Crippen molar-refractivity contribution in [3.05, 3.63) is 87.3 Å². The van der Waals surface area contributed by atoms with Gasteiger partial charge in [0.05, 0.1) is 10.8 Å². The van der Waals surface area contributed by atoms with Crippen LogP contribution in [0.25, 0.3) is 10.9 Å². The number of anilines is 2. The van der Waals surface area contributed by atoms with Crippen molar-refractivity contribution >= 4 is 78.0 Å². The lowest BCUT2D eigenvalue weighted by Gasteiger charge is -2.30. The molecule has 1 aromatic heterocycles. The van der Waals surface area contributed by atoms with Crippen molar-refractivity contribution in [1.82, 2.24) is 15.3 Å². The number of nitrogens with zero attached hydrogens (tertiary/aromatic N) is 3. The molecular formula is C33H35Br2N5O2S. The number of fused-ring (bicyclic) bond motifs is 1. The molecule has 1 unspecified atom stereocenters. The van der Waals surface area contributed by atoms with Crippen LogP contribution in [0.4, 0.5) is 11.8 Å². The van der Waals surface area contributed by atoms with E-state index in [9.17, 15) is 9.59 Å². The number of carbonyl (C=O) groups is 2. The van der Waals surface area contributed by atoms with E-state index in [1.807, 2.05) is 79.7 Å². The van der Waals surface area contributed by atoms with E-state index < -0.39 is 5.25 Å². The maximum atomic E-state index is 13.4. The number of amides is 1. The summed E-state index contributed by atoms with van der Waals surface area (Å²) < 4.78 is 1.88. The van der Waals surface area contributed by atoms with Crippen LogP contribution in [0.3, 0.4) is 0 Å². The molecule has 224 valence electrons. The molecule has 3 aromatic carbocycles. The Hall–Kier alpha value is -2.95. The molecule has 0 saturated heterocycles. The molecule has 43 heavy (non-hydrogen) atoms. The Morgan fingerprint density at radius 2 is 1.56 bits per heavy atom. The highest BCUT2D eigenvalue weighted by Crippen LogP contribution is 2.30. The molecule has 0 radical (unpaired) electrons. The highest BCUT2D eigenvalue weighted by Gasteiger charge is 2.27. The molecule has 2 N–H and O–H groups in total. The summed E-state index contributed by atoms with van der Waals surface area (Å²) in [7, 11) is 3.99. The van der Waals surface area contributed by atoms with Gasteiger partial charge in [0.25, 0.3) is 0 Å². The van der Waals surface area contributed by atoms with Crippen LogP contribution in [-0.2, 0) is 4.79 Å². The fraction of sp³-hybridized carbons (Fsp3) is 0.333. The van der Waals surface area contributed by atoms with Gasteiger partial charge in [0, 0.05) is 57.9 Å². The second-order valence-electron chi connectivity index (χ2n) is 11.1. The van der Waals surface area contributed by atoms with E-state index in [4.69, 9.17) is 9.97 Å². The van der Waals surface area contributed by atoms with Gasteiger partial charge in [-0.1, -0.05) is 56.1 Å². The van der Waals surface area contributed by atoms with Crippen LogP contribution in [0.2, 0.25) is 0 Å². The first-order valence-electron chi connectivity index (χ1n) is 14.4. The zero-order valence-electron chi connectivity index (χ0n) is 24.2. The lowest BCUT2D eigenvalue weighted by atomic mass is 9.86. The Balaban J connectivity index is 1.17. The minimum atomic E-state index is -0.522. The van der Waals surface area contributed by atoms with Gasteiger partial charge in [-0.2, -0.15) is 4.98 Å². The third-order valence-corrected chi connectivity index (χ3v) is 9.94. The Labute approximate surface area is 273 Å². The summed E-state index contributed by atoms with van der Waals surface area (Å²) in [6.07, 6.45) is 4.08. The van der Waals surface area contributed by atoms with Crippen molar-refractivity contribution in [3.63, 3.8) is 0 Å². The number of benzene rings is 3. The monoisotopic (exact) mass is 723 g/mol. The summed E-state index contributed by atoms with van der Waals surface area (Å²) in [5, 5.41) is 7.25. The Kier molecular flexibility index (Phi) is 10.7. The molecule has 1 heterocycles. The quantitative estimate of drug-likeness (QED) is 0.121. The SMILES string of the molecule is CN(C)c1nc(N[C@H]2CC[C@@H](CNC(=O)C(CC(=O)c3ccc(Br)cc3)Sc3ccc(Br)cc3)CC2)nc2ccccc12. The second-order valence-corrected chi connectivity index (χ2v) is 14.2. The fourth-order valence-corrected chi connectivity index (χ4v) is 6.88. The van der Waals surface area contributed by atoms with E-state index in [-0.39, 0.29) is 24.2 Å². The van der Waals surface area contributed by atoms with Crippen LogP contribution >= 0.6 is 43.6 Å². The number of ketones is 1. The van der Waals surface area contributed by atoms with E-state index in [0.717, 1.165) is 56.2 Å². The van der Waals surface area contributed by atoms with Gasteiger partial charge < -0.3 is 15.5 Å². The van der Waals surface area contributed by atoms with Crippen molar-refractivity contribution in [2.75, 3.05) is 30.9 Å². The zero-order valence-corrected chi connectivity index (χ0v) is 28.2. The smallest absolute Gasteiger partial charge is 0.233 e. The van der Waals surface area contributed by atoms with Gasteiger partial charge in [0.2, 0.25) is 11.9 Å². The number of hydrogen-bond acceptors (Lipinski definition) is 7. The Morgan fingerprint density at radius 1 is 0.907 bits per heavy atom. The van der Waals surface area contributed by atoms with Crippen LogP contribution in [0.5, 0.6) is 0 Å². The molecule has 1 aliphatic carbocycles. The van der Waals surface area contributed by atoms with Crippen LogP contribution in [0.15, 0.2) is 86.6 Å². The van der Waals surface area contributed by atoms with E-state index in [0.29, 0.717) is 24.0 Å². The molecule has 1 saturated carbocycles. The Morgan fingerprint density at radius 3 is 2.23 bits per heavy atom. The van der Waals surface area contributed by atoms with Gasteiger partial charge in [0.1, 0.15) is 5.82 Å². The third-order valence-electron chi connectivity index (χ3n) is 7.67. The molecule has 0 aliphatic heterocycles. The summed E-state index contributed by atoms with van der Waals surface area (Å²) in [6.45, 7) is 0.604. The number of hydrogen-bond donors (Lipinski definition) is 2. The molecule has 10 heteroatoms. The van der Waals surface area contributed by atoms with Crippen LogP contribution in [0.1, 0.15) is 42.5 Å². The lowest BCUT2D eigenvalue weighted by molar-refractivity contribution is -0.120. The minimum Gasteiger partial charge on any atom is -0.362 e. The van der Waals surface area contributed by atoms with E-state index >= 15 is 0 Å². The molecule has 4 aromatic rings. The van der Waals surface area contributed by atoms with Gasteiger partial charge in [-0.15, -0.1) is 11.8 Å². The van der Waals surface area contributed by atoms with Gasteiger partial charge in [-0.3, -0.25) is 9.59 Å². The topological polar surface area (TPSA) is 87.2 Å². The number of thioether (sulfide) groups is 1. The highest BCUT2D eigenvalue weighted by molar-refractivity contribution is 9.10. The van der Waals surface area contributed by atoms with Crippen LogP contribution in [0, 0.1) is 5.92 Å². The van der Waals surface area contributed by atoms with E-state index in [2.05, 4.69) is 42.5 Å². The summed E-state index contributed by atoms with van der Waals surface area (Å²) >= 11 is 8.32. The second kappa shape index (κ2) is 14.7. The van der Waals surface area contributed by atoms with Gasteiger partial charge in [-0.05, 0) is 80.1 Å². The number of aromatic nitrogens is 2. The van der Waals surface area contributed by atoms with Gasteiger partial charge in [0.15, 0.2) is 5.78 Å². The average molecular weight is 726 g/mol. The summed E-state index contributed by atoms with van der Waals surface area (Å²) in [5.41, 5.74) is 1.53. The molecule has 0 bridgehead atoms. The molecule has 1 amide bonds. The number of nitrogens with one attached hydrogen (secondary N) is 2. The zero-order chi connectivity index (χ0) is 30.3. The van der Waals surface area contributed by atoms with Crippen molar-refractivity contribution in [2.45, 2.75) is 48.3 Å². The minimum absolute atomic E-state index is 0.0443. The lowest BCUT2D eigenvalue weighted by Crippen LogP contribution is -2.39. The number of halogens is 2. The van der Waals surface area contributed by atoms with Crippen LogP contribution < -0.4 is 15.5 Å². The third kappa shape index (κ3) is 8.58. The molecule has 0 spiro atoms. The summed E-state index contributed by atoms with van der Waals surface area (Å²) in [5.74, 6) is 1.80. The van der Waals surface area contributed by atoms with Crippen molar-refractivity contribution < 1.29 is 9.59 Å². The van der Waals surface area contributed by atoms with Crippen molar-refractivity contribution in [2.24, 2.45) is 5.92 Å². The molecule has 7 nitrogen and oxygen atoms in total.